The summed E-state index contributed by atoms with van der Waals surface area (Å²) in [6, 6.07) is 16.3. The van der Waals surface area contributed by atoms with Gasteiger partial charge in [-0.1, -0.05) is 23.7 Å². The normalized spacial score (nSPS) is 19.5. The molecule has 3 aromatic carbocycles. The van der Waals surface area contributed by atoms with Crippen LogP contribution in [-0.4, -0.2) is 33.4 Å². The van der Waals surface area contributed by atoms with Gasteiger partial charge in [0.25, 0.3) is 5.79 Å². The smallest absolute Gasteiger partial charge is 0.278 e. The summed E-state index contributed by atoms with van der Waals surface area (Å²) in [5, 5.41) is 3.15. The van der Waals surface area contributed by atoms with Crippen molar-refractivity contribution in [2.45, 2.75) is 44.9 Å². The Labute approximate surface area is 231 Å². The number of ether oxygens (including phenoxy) is 2. The molecular formula is C30H30ClFN4O3. The van der Waals surface area contributed by atoms with Crippen LogP contribution in [0.2, 0.25) is 5.02 Å². The number of fused-ring (bicyclic) bond motifs is 2. The molecule has 0 aliphatic carbocycles. The fraction of sp³-hybridized carbons (Fsp3) is 0.333. The highest BCUT2D eigenvalue weighted by atomic mass is 35.5. The molecule has 2 aliphatic rings. The van der Waals surface area contributed by atoms with Crippen LogP contribution in [0.1, 0.15) is 49.6 Å². The van der Waals surface area contributed by atoms with E-state index in [1.165, 1.54) is 13.0 Å². The fourth-order valence-electron chi connectivity index (χ4n) is 5.71. The maximum Gasteiger partial charge on any atom is 0.278 e. The molecule has 39 heavy (non-hydrogen) atoms. The van der Waals surface area contributed by atoms with Crippen molar-refractivity contribution < 1.29 is 18.7 Å². The second kappa shape index (κ2) is 9.84. The minimum absolute atomic E-state index is 0.101. The van der Waals surface area contributed by atoms with E-state index in [4.69, 9.17) is 26.1 Å². The van der Waals surface area contributed by atoms with Crippen LogP contribution in [-0.2, 0) is 24.2 Å². The molecule has 1 atom stereocenters. The molecule has 1 amide bonds. The minimum Gasteiger partial charge on any atom is -0.444 e. The molecule has 1 saturated heterocycles. The van der Waals surface area contributed by atoms with Crippen molar-refractivity contribution in [1.82, 2.24) is 14.5 Å². The molecule has 4 aromatic rings. The molecule has 9 heteroatoms. The van der Waals surface area contributed by atoms with E-state index in [0.717, 1.165) is 60.6 Å². The van der Waals surface area contributed by atoms with Crippen molar-refractivity contribution in [1.29, 1.82) is 0 Å². The van der Waals surface area contributed by atoms with E-state index in [2.05, 4.69) is 20.9 Å². The number of carbonyl (C=O) groups is 1. The zero-order valence-corrected chi connectivity index (χ0v) is 22.9. The van der Waals surface area contributed by atoms with E-state index in [9.17, 15) is 9.18 Å². The molecule has 0 radical (unpaired) electrons. The Morgan fingerprint density at radius 3 is 2.69 bits per heavy atom. The van der Waals surface area contributed by atoms with E-state index < -0.39 is 11.6 Å². The zero-order valence-electron chi connectivity index (χ0n) is 22.1. The number of halogens is 2. The number of para-hydroxylation sites is 1. The number of nitrogens with one attached hydrogen (secondary N) is 1. The van der Waals surface area contributed by atoms with Gasteiger partial charge in [0.1, 0.15) is 11.6 Å². The monoisotopic (exact) mass is 548 g/mol. The number of aromatic nitrogens is 2. The third-order valence-corrected chi connectivity index (χ3v) is 7.95. The van der Waals surface area contributed by atoms with Gasteiger partial charge in [-0.15, -0.1) is 0 Å². The Morgan fingerprint density at radius 2 is 1.95 bits per heavy atom. The third-order valence-electron chi connectivity index (χ3n) is 7.72. The predicted molar refractivity (Wildman–Crippen MR) is 149 cm³/mol. The van der Waals surface area contributed by atoms with Gasteiger partial charge in [-0.05, 0) is 74.3 Å². The van der Waals surface area contributed by atoms with Crippen LogP contribution in [0.4, 0.5) is 10.1 Å². The lowest BCUT2D eigenvalue weighted by atomic mass is 9.88. The minimum atomic E-state index is -1.26. The lowest BCUT2D eigenvalue weighted by molar-refractivity contribution is -0.114. The molecule has 1 aromatic heterocycles. The SMILES string of the molecule is CC(=O)Nc1ccc2c(c1)nc(CN1CCC(c3cccc4c3OC(C)(c3ccc(Cl)cc3F)O4)CC1)n2C. The van der Waals surface area contributed by atoms with Crippen LogP contribution in [0.5, 0.6) is 11.5 Å². The molecule has 1 N–H and O–H groups in total. The molecule has 1 unspecified atom stereocenters. The van der Waals surface area contributed by atoms with Gasteiger partial charge < -0.3 is 19.4 Å². The summed E-state index contributed by atoms with van der Waals surface area (Å²) in [6.45, 7) is 5.81. The summed E-state index contributed by atoms with van der Waals surface area (Å²) in [4.78, 5) is 18.7. The Balaban J connectivity index is 1.15. The number of hydrogen-bond donors (Lipinski definition) is 1. The van der Waals surface area contributed by atoms with Crippen LogP contribution in [0.15, 0.2) is 54.6 Å². The van der Waals surface area contributed by atoms with Gasteiger partial charge >= 0.3 is 0 Å². The van der Waals surface area contributed by atoms with Crippen molar-refractivity contribution in [2.75, 3.05) is 18.4 Å². The summed E-state index contributed by atoms with van der Waals surface area (Å²) in [5.41, 5.74) is 4.06. The highest BCUT2D eigenvalue weighted by Gasteiger charge is 2.43. The van der Waals surface area contributed by atoms with E-state index in [-0.39, 0.29) is 5.91 Å². The first-order valence-electron chi connectivity index (χ1n) is 13.1. The van der Waals surface area contributed by atoms with Crippen molar-refractivity contribution >= 4 is 34.2 Å². The number of likely N-dealkylation sites (tertiary alicyclic amines) is 1. The maximum atomic E-state index is 14.7. The number of amides is 1. The largest absolute Gasteiger partial charge is 0.444 e. The average Bonchev–Trinajstić information content (AvgIpc) is 3.40. The molecule has 7 nitrogen and oxygen atoms in total. The summed E-state index contributed by atoms with van der Waals surface area (Å²) in [6.07, 6.45) is 1.92. The Kier molecular flexibility index (Phi) is 6.47. The average molecular weight is 549 g/mol. The van der Waals surface area contributed by atoms with Crippen molar-refractivity contribution in [3.8, 4) is 11.5 Å². The van der Waals surface area contributed by atoms with Crippen LogP contribution in [0.25, 0.3) is 11.0 Å². The zero-order chi connectivity index (χ0) is 27.3. The van der Waals surface area contributed by atoms with Gasteiger partial charge in [-0.3, -0.25) is 9.69 Å². The van der Waals surface area contributed by atoms with E-state index >= 15 is 0 Å². The van der Waals surface area contributed by atoms with Crippen LogP contribution >= 0.6 is 11.6 Å². The quantitative estimate of drug-likeness (QED) is 0.315. The van der Waals surface area contributed by atoms with E-state index in [1.54, 1.807) is 19.1 Å². The first kappa shape index (κ1) is 25.6. The number of hydrogen-bond acceptors (Lipinski definition) is 5. The standard InChI is InChI=1S/C30H30ClFN4O3/c1-18(37)33-21-8-10-26-25(16-21)34-28(35(26)3)17-36-13-11-19(12-14-36)22-5-4-6-27-29(22)39-30(2,38-27)23-9-7-20(31)15-24(23)32/h4-10,15-16,19H,11-14,17H2,1-3H3,(H,33,37). The van der Waals surface area contributed by atoms with E-state index in [0.29, 0.717) is 28.0 Å². The summed E-state index contributed by atoms with van der Waals surface area (Å²) < 4.78 is 29.3. The molecule has 0 saturated carbocycles. The number of aryl methyl sites for hydroxylation is 1. The Bertz CT molecular complexity index is 1580. The van der Waals surface area contributed by atoms with Gasteiger partial charge in [-0.25, -0.2) is 9.37 Å². The molecule has 202 valence electrons. The lowest BCUT2D eigenvalue weighted by Gasteiger charge is -2.32. The summed E-state index contributed by atoms with van der Waals surface area (Å²) >= 11 is 5.95. The molecule has 6 rings (SSSR count). The number of carbonyl (C=O) groups excluding carboxylic acids is 1. The number of anilines is 1. The van der Waals surface area contributed by atoms with Crippen LogP contribution < -0.4 is 14.8 Å². The first-order valence-corrected chi connectivity index (χ1v) is 13.5. The van der Waals surface area contributed by atoms with Gasteiger partial charge in [0.15, 0.2) is 11.5 Å². The van der Waals surface area contributed by atoms with Crippen molar-refractivity contribution in [3.05, 3.63) is 82.4 Å². The number of rotatable bonds is 5. The van der Waals surface area contributed by atoms with Gasteiger partial charge in [0.05, 0.1) is 23.1 Å². The molecule has 0 spiro atoms. The highest BCUT2D eigenvalue weighted by Crippen LogP contribution is 2.49. The van der Waals surface area contributed by atoms with Crippen LogP contribution in [0, 0.1) is 5.82 Å². The predicted octanol–water partition coefficient (Wildman–Crippen LogP) is 6.35. The lowest BCUT2D eigenvalue weighted by Crippen LogP contribution is -2.34. The topological polar surface area (TPSA) is 68.6 Å². The van der Waals surface area contributed by atoms with Gasteiger partial charge in [0.2, 0.25) is 5.91 Å². The Morgan fingerprint density at radius 1 is 1.15 bits per heavy atom. The van der Waals surface area contributed by atoms with Crippen LogP contribution in [0.3, 0.4) is 0 Å². The van der Waals surface area contributed by atoms with E-state index in [1.807, 2.05) is 37.4 Å². The fourth-order valence-corrected chi connectivity index (χ4v) is 5.87. The number of imidazole rings is 1. The van der Waals surface area contributed by atoms with Crippen molar-refractivity contribution in [2.24, 2.45) is 7.05 Å². The van der Waals surface area contributed by atoms with Crippen molar-refractivity contribution in [3.63, 3.8) is 0 Å². The highest BCUT2D eigenvalue weighted by molar-refractivity contribution is 6.30. The number of piperidine rings is 1. The number of nitrogens with zero attached hydrogens (tertiary/aromatic N) is 3. The Hall–Kier alpha value is -3.62. The summed E-state index contributed by atoms with van der Waals surface area (Å²) in [7, 11) is 2.03. The van der Waals surface area contributed by atoms with Gasteiger partial charge in [0, 0.05) is 37.2 Å². The van der Waals surface area contributed by atoms with Gasteiger partial charge in [-0.2, -0.15) is 0 Å². The summed E-state index contributed by atoms with van der Waals surface area (Å²) in [5.74, 6) is 0.799. The second-order valence-electron chi connectivity index (χ2n) is 10.5. The molecular weight excluding hydrogens is 519 g/mol. The molecule has 1 fully saturated rings. The second-order valence-corrected chi connectivity index (χ2v) is 10.9. The molecule has 2 aliphatic heterocycles. The first-order chi connectivity index (χ1) is 18.7. The molecule has 0 bridgehead atoms. The molecule has 3 heterocycles. The number of benzene rings is 3. The third kappa shape index (κ3) is 4.83. The maximum absolute atomic E-state index is 14.7.